The van der Waals surface area contributed by atoms with Crippen LogP contribution in [-0.4, -0.2) is 79.6 Å². The van der Waals surface area contributed by atoms with Crippen LogP contribution in [0.2, 0.25) is 0 Å². The molecule has 4 nitrogen and oxygen atoms in total. The van der Waals surface area contributed by atoms with Gasteiger partial charge in [0.15, 0.2) is 0 Å². The lowest BCUT2D eigenvalue weighted by Crippen LogP contribution is -2.54. The summed E-state index contributed by atoms with van der Waals surface area (Å²) < 4.78 is 0. The molecule has 1 atom stereocenters. The molecule has 4 heteroatoms. The highest BCUT2D eigenvalue weighted by Crippen LogP contribution is 2.17. The second-order valence-electron chi connectivity index (χ2n) is 5.85. The molecule has 0 aromatic rings. The summed E-state index contributed by atoms with van der Waals surface area (Å²) in [6, 6.07) is 1.15. The van der Waals surface area contributed by atoms with E-state index in [0.717, 1.165) is 12.6 Å². The standard InChI is InChI=1S/C13H28N4/c1-12(14)11-16-7-9-17(10-8-16)13-3-5-15(2)6-4-13/h12-13H,3-11,14H2,1-2H3. The second-order valence-corrected chi connectivity index (χ2v) is 5.85. The van der Waals surface area contributed by atoms with E-state index >= 15 is 0 Å². The molecule has 2 rings (SSSR count). The van der Waals surface area contributed by atoms with Crippen molar-refractivity contribution in [1.82, 2.24) is 14.7 Å². The summed E-state index contributed by atoms with van der Waals surface area (Å²) in [5.74, 6) is 0. The van der Waals surface area contributed by atoms with Crippen LogP contribution in [0.4, 0.5) is 0 Å². The van der Waals surface area contributed by atoms with Crippen molar-refractivity contribution in [1.29, 1.82) is 0 Å². The molecular weight excluding hydrogens is 212 g/mol. The fourth-order valence-corrected chi connectivity index (χ4v) is 3.08. The van der Waals surface area contributed by atoms with Gasteiger partial charge in [-0.05, 0) is 39.9 Å². The van der Waals surface area contributed by atoms with E-state index in [1.54, 1.807) is 0 Å². The zero-order chi connectivity index (χ0) is 12.3. The van der Waals surface area contributed by atoms with Crippen molar-refractivity contribution in [2.45, 2.75) is 31.8 Å². The minimum absolute atomic E-state index is 0.310. The maximum absolute atomic E-state index is 5.86. The van der Waals surface area contributed by atoms with Crippen LogP contribution in [-0.2, 0) is 0 Å². The third-order valence-electron chi connectivity index (χ3n) is 4.16. The topological polar surface area (TPSA) is 35.7 Å². The van der Waals surface area contributed by atoms with Gasteiger partial charge in [0.25, 0.3) is 0 Å². The van der Waals surface area contributed by atoms with E-state index in [1.165, 1.54) is 52.1 Å². The Morgan fingerprint density at radius 3 is 2.18 bits per heavy atom. The second kappa shape index (κ2) is 6.14. The molecule has 0 aliphatic carbocycles. The first kappa shape index (κ1) is 13.3. The molecule has 1 unspecified atom stereocenters. The average Bonchev–Trinajstić information content (AvgIpc) is 2.30. The fraction of sp³-hybridized carbons (Fsp3) is 1.00. The molecule has 100 valence electrons. The lowest BCUT2D eigenvalue weighted by atomic mass is 10.0. The van der Waals surface area contributed by atoms with Gasteiger partial charge in [-0.3, -0.25) is 9.80 Å². The van der Waals surface area contributed by atoms with Crippen molar-refractivity contribution in [3.05, 3.63) is 0 Å². The minimum atomic E-state index is 0.310. The number of piperazine rings is 1. The predicted molar refractivity (Wildman–Crippen MR) is 72.2 cm³/mol. The third-order valence-corrected chi connectivity index (χ3v) is 4.16. The molecule has 2 heterocycles. The van der Waals surface area contributed by atoms with E-state index in [2.05, 4.69) is 28.7 Å². The van der Waals surface area contributed by atoms with Crippen LogP contribution < -0.4 is 5.73 Å². The monoisotopic (exact) mass is 240 g/mol. The molecule has 2 aliphatic rings. The maximum atomic E-state index is 5.86. The van der Waals surface area contributed by atoms with Crippen molar-refractivity contribution < 1.29 is 0 Å². The molecule has 0 aromatic heterocycles. The Morgan fingerprint density at radius 2 is 1.65 bits per heavy atom. The number of likely N-dealkylation sites (tertiary alicyclic amines) is 1. The first-order valence-electron chi connectivity index (χ1n) is 7.05. The van der Waals surface area contributed by atoms with E-state index in [-0.39, 0.29) is 0 Å². The SMILES string of the molecule is CC(N)CN1CCN(C2CCN(C)CC2)CC1. The highest BCUT2D eigenvalue weighted by Gasteiger charge is 2.26. The van der Waals surface area contributed by atoms with E-state index < -0.39 is 0 Å². The van der Waals surface area contributed by atoms with Gasteiger partial charge >= 0.3 is 0 Å². The molecule has 0 amide bonds. The van der Waals surface area contributed by atoms with Crippen LogP contribution in [0.5, 0.6) is 0 Å². The lowest BCUT2D eigenvalue weighted by molar-refractivity contribution is 0.0631. The Morgan fingerprint density at radius 1 is 1.06 bits per heavy atom. The van der Waals surface area contributed by atoms with Gasteiger partial charge in [0.2, 0.25) is 0 Å². The largest absolute Gasteiger partial charge is 0.327 e. The van der Waals surface area contributed by atoms with Gasteiger partial charge < -0.3 is 10.6 Å². The molecule has 2 aliphatic heterocycles. The maximum Gasteiger partial charge on any atom is 0.0139 e. The number of piperidine rings is 1. The normalized spacial score (nSPS) is 28.4. The van der Waals surface area contributed by atoms with Crippen LogP contribution in [0.1, 0.15) is 19.8 Å². The zero-order valence-corrected chi connectivity index (χ0v) is 11.4. The third kappa shape index (κ3) is 3.91. The van der Waals surface area contributed by atoms with E-state index in [0.29, 0.717) is 6.04 Å². The summed E-state index contributed by atoms with van der Waals surface area (Å²) in [5, 5.41) is 0. The Kier molecular flexibility index (Phi) is 4.79. The van der Waals surface area contributed by atoms with Crippen molar-refractivity contribution in [3.63, 3.8) is 0 Å². The first-order valence-corrected chi connectivity index (χ1v) is 7.05. The molecule has 0 radical (unpaired) electrons. The Hall–Kier alpha value is -0.160. The molecule has 2 N–H and O–H groups in total. The van der Waals surface area contributed by atoms with Crippen LogP contribution >= 0.6 is 0 Å². The van der Waals surface area contributed by atoms with Gasteiger partial charge in [-0.15, -0.1) is 0 Å². The van der Waals surface area contributed by atoms with Crippen LogP contribution in [0.25, 0.3) is 0 Å². The van der Waals surface area contributed by atoms with E-state index in [4.69, 9.17) is 5.73 Å². The summed E-state index contributed by atoms with van der Waals surface area (Å²) in [6.07, 6.45) is 2.70. The van der Waals surface area contributed by atoms with Crippen molar-refractivity contribution in [2.75, 3.05) is 52.9 Å². The highest BCUT2D eigenvalue weighted by atomic mass is 15.3. The van der Waals surface area contributed by atoms with Gasteiger partial charge in [0.05, 0.1) is 0 Å². The quantitative estimate of drug-likeness (QED) is 0.756. The van der Waals surface area contributed by atoms with E-state index in [1.807, 2.05) is 0 Å². The Bertz CT molecular complexity index is 215. The molecule has 0 spiro atoms. The molecule has 0 aromatic carbocycles. The van der Waals surface area contributed by atoms with Gasteiger partial charge in [-0.2, -0.15) is 0 Å². The lowest BCUT2D eigenvalue weighted by Gasteiger charge is -2.42. The van der Waals surface area contributed by atoms with Crippen LogP contribution in [0.3, 0.4) is 0 Å². The van der Waals surface area contributed by atoms with Crippen molar-refractivity contribution in [2.24, 2.45) is 5.73 Å². The molecule has 2 saturated heterocycles. The van der Waals surface area contributed by atoms with Gasteiger partial charge in [-0.25, -0.2) is 0 Å². The smallest absolute Gasteiger partial charge is 0.0139 e. The molecule has 17 heavy (non-hydrogen) atoms. The number of nitrogens with zero attached hydrogens (tertiary/aromatic N) is 3. The first-order chi connectivity index (χ1) is 8.15. The summed E-state index contributed by atoms with van der Waals surface area (Å²) in [5.41, 5.74) is 5.86. The Labute approximate surface area is 106 Å². The van der Waals surface area contributed by atoms with Crippen molar-refractivity contribution >= 4 is 0 Å². The number of hydrogen-bond acceptors (Lipinski definition) is 4. The minimum Gasteiger partial charge on any atom is -0.327 e. The summed E-state index contributed by atoms with van der Waals surface area (Å²) >= 11 is 0. The van der Waals surface area contributed by atoms with Gasteiger partial charge in [-0.1, -0.05) is 0 Å². The van der Waals surface area contributed by atoms with Gasteiger partial charge in [0, 0.05) is 44.8 Å². The number of nitrogens with two attached hydrogens (primary N) is 1. The predicted octanol–water partition coefficient (Wildman–Crippen LogP) is 0.0454. The molecular formula is C13H28N4. The van der Waals surface area contributed by atoms with Crippen LogP contribution in [0, 0.1) is 0 Å². The Balaban J connectivity index is 1.71. The average molecular weight is 240 g/mol. The molecule has 2 fully saturated rings. The number of rotatable bonds is 3. The van der Waals surface area contributed by atoms with E-state index in [9.17, 15) is 0 Å². The summed E-state index contributed by atoms with van der Waals surface area (Å²) in [4.78, 5) is 7.66. The number of hydrogen-bond donors (Lipinski definition) is 1. The fourth-order valence-electron chi connectivity index (χ4n) is 3.08. The van der Waals surface area contributed by atoms with Crippen molar-refractivity contribution in [3.8, 4) is 0 Å². The highest BCUT2D eigenvalue weighted by molar-refractivity contribution is 4.83. The molecule has 0 saturated carbocycles. The van der Waals surface area contributed by atoms with Crippen LogP contribution in [0.15, 0.2) is 0 Å². The molecule has 0 bridgehead atoms. The van der Waals surface area contributed by atoms with Gasteiger partial charge in [0.1, 0.15) is 0 Å². The zero-order valence-electron chi connectivity index (χ0n) is 11.4. The summed E-state index contributed by atoms with van der Waals surface area (Å²) in [6.45, 7) is 10.6. The summed E-state index contributed by atoms with van der Waals surface area (Å²) in [7, 11) is 2.23.